The Morgan fingerprint density at radius 1 is 1.11 bits per heavy atom. The molecule has 2 aromatic rings. The third kappa shape index (κ3) is 4.68. The summed E-state index contributed by atoms with van der Waals surface area (Å²) in [4.78, 5) is 26.8. The fourth-order valence-electron chi connectivity index (χ4n) is 3.30. The number of benzene rings is 1. The smallest absolute Gasteiger partial charge is 0.243 e. The summed E-state index contributed by atoms with van der Waals surface area (Å²) in [5.41, 5.74) is 1.09. The highest BCUT2D eigenvalue weighted by Crippen LogP contribution is 2.24. The number of nitrogens with one attached hydrogen (secondary N) is 1. The van der Waals surface area contributed by atoms with Crippen molar-refractivity contribution in [2.24, 2.45) is 0 Å². The van der Waals surface area contributed by atoms with E-state index in [1.54, 1.807) is 23.5 Å². The van der Waals surface area contributed by atoms with Crippen LogP contribution in [0.25, 0.3) is 0 Å². The van der Waals surface area contributed by atoms with Gasteiger partial charge in [0.2, 0.25) is 15.9 Å². The number of anilines is 1. The molecule has 1 aliphatic rings. The molecule has 6 nitrogen and oxygen atoms in total. The highest BCUT2D eigenvalue weighted by atomic mass is 32.2. The first-order valence-electron chi connectivity index (χ1n) is 9.27. The normalized spacial score (nSPS) is 14.9. The lowest BCUT2D eigenvalue weighted by molar-refractivity contribution is -0.116. The standard InChI is InChI=1S/C20H24N2O4S2/c1-14-12-18(15(2)27-14)19(23)8-9-20(24)21-16-6-5-7-17(13-16)28(25,26)22-10-3-4-11-22/h5-7,12-13H,3-4,8-11H2,1-2H3,(H,21,24). The second kappa shape index (κ2) is 8.55. The van der Waals surface area contributed by atoms with E-state index < -0.39 is 10.0 Å². The Balaban J connectivity index is 1.61. The van der Waals surface area contributed by atoms with Crippen LogP contribution < -0.4 is 5.32 Å². The molecular weight excluding hydrogens is 396 g/mol. The van der Waals surface area contributed by atoms with Gasteiger partial charge in [-0.15, -0.1) is 11.3 Å². The zero-order valence-corrected chi connectivity index (χ0v) is 17.7. The summed E-state index contributed by atoms with van der Waals surface area (Å²) in [5.74, 6) is -0.365. The van der Waals surface area contributed by atoms with Gasteiger partial charge in [-0.05, 0) is 51.0 Å². The molecule has 1 aromatic carbocycles. The Labute approximate surface area is 169 Å². The van der Waals surface area contributed by atoms with E-state index in [4.69, 9.17) is 0 Å². The molecule has 1 aliphatic heterocycles. The molecule has 1 fully saturated rings. The monoisotopic (exact) mass is 420 g/mol. The molecule has 28 heavy (non-hydrogen) atoms. The van der Waals surface area contributed by atoms with E-state index in [-0.39, 0.29) is 29.4 Å². The van der Waals surface area contributed by atoms with Crippen LogP contribution in [0.5, 0.6) is 0 Å². The van der Waals surface area contributed by atoms with Gasteiger partial charge in [0.15, 0.2) is 5.78 Å². The molecule has 1 aromatic heterocycles. The topological polar surface area (TPSA) is 83.5 Å². The van der Waals surface area contributed by atoms with Crippen LogP contribution in [-0.2, 0) is 14.8 Å². The number of carbonyl (C=O) groups excluding carboxylic acids is 2. The Kier molecular flexibility index (Phi) is 6.32. The van der Waals surface area contributed by atoms with Gasteiger partial charge in [0, 0.05) is 46.9 Å². The summed E-state index contributed by atoms with van der Waals surface area (Å²) in [6.07, 6.45) is 1.91. The zero-order chi connectivity index (χ0) is 20.3. The lowest BCUT2D eigenvalue weighted by Crippen LogP contribution is -2.27. The number of aryl methyl sites for hydroxylation is 2. The number of hydrogen-bond acceptors (Lipinski definition) is 5. The highest BCUT2D eigenvalue weighted by Gasteiger charge is 2.27. The van der Waals surface area contributed by atoms with Crippen molar-refractivity contribution in [3.8, 4) is 0 Å². The summed E-state index contributed by atoms with van der Waals surface area (Å²) < 4.78 is 26.8. The molecule has 0 spiro atoms. The summed E-state index contributed by atoms with van der Waals surface area (Å²) in [7, 11) is -3.53. The van der Waals surface area contributed by atoms with Gasteiger partial charge in [-0.25, -0.2) is 8.42 Å². The van der Waals surface area contributed by atoms with E-state index in [2.05, 4.69) is 5.32 Å². The zero-order valence-electron chi connectivity index (χ0n) is 16.0. The average molecular weight is 421 g/mol. The molecule has 1 amide bonds. The molecule has 1 N–H and O–H groups in total. The van der Waals surface area contributed by atoms with E-state index in [1.807, 2.05) is 19.9 Å². The number of carbonyl (C=O) groups is 2. The van der Waals surface area contributed by atoms with E-state index in [0.717, 1.165) is 22.6 Å². The SMILES string of the molecule is Cc1cc(C(=O)CCC(=O)Nc2cccc(S(=O)(=O)N3CCCC3)c2)c(C)s1. The second-order valence-electron chi connectivity index (χ2n) is 6.94. The van der Waals surface area contributed by atoms with Crippen molar-refractivity contribution in [3.63, 3.8) is 0 Å². The van der Waals surface area contributed by atoms with Crippen LogP contribution in [0.2, 0.25) is 0 Å². The molecule has 0 radical (unpaired) electrons. The van der Waals surface area contributed by atoms with Gasteiger partial charge in [0.05, 0.1) is 4.90 Å². The first-order chi connectivity index (χ1) is 13.3. The van der Waals surface area contributed by atoms with Crippen LogP contribution in [0.4, 0.5) is 5.69 Å². The van der Waals surface area contributed by atoms with Crippen LogP contribution in [0.3, 0.4) is 0 Å². The van der Waals surface area contributed by atoms with Crippen molar-refractivity contribution in [2.45, 2.75) is 44.4 Å². The summed E-state index contributed by atoms with van der Waals surface area (Å²) in [6, 6.07) is 8.12. The average Bonchev–Trinajstić information content (AvgIpc) is 3.30. The maximum atomic E-state index is 12.6. The van der Waals surface area contributed by atoms with Gasteiger partial charge in [0.25, 0.3) is 0 Å². The van der Waals surface area contributed by atoms with Crippen LogP contribution in [0.1, 0.15) is 45.8 Å². The molecule has 2 heterocycles. The third-order valence-corrected chi connectivity index (χ3v) is 7.60. The predicted octanol–water partition coefficient (Wildman–Crippen LogP) is 3.75. The van der Waals surface area contributed by atoms with Crippen molar-refractivity contribution in [2.75, 3.05) is 18.4 Å². The molecule has 3 rings (SSSR count). The Morgan fingerprint density at radius 3 is 2.46 bits per heavy atom. The quantitative estimate of drug-likeness (QED) is 0.692. The molecule has 8 heteroatoms. The van der Waals surface area contributed by atoms with Gasteiger partial charge in [-0.2, -0.15) is 4.31 Å². The predicted molar refractivity (Wildman–Crippen MR) is 110 cm³/mol. The molecular formula is C20H24N2O4S2. The maximum Gasteiger partial charge on any atom is 0.243 e. The lowest BCUT2D eigenvalue weighted by atomic mass is 10.1. The molecule has 0 atom stereocenters. The Morgan fingerprint density at radius 2 is 1.82 bits per heavy atom. The molecule has 0 unspecified atom stereocenters. The molecule has 1 saturated heterocycles. The number of hydrogen-bond donors (Lipinski definition) is 1. The number of amides is 1. The maximum absolute atomic E-state index is 12.6. The number of thiophene rings is 1. The summed E-state index contributed by atoms with van der Waals surface area (Å²) in [6.45, 7) is 4.91. The summed E-state index contributed by atoms with van der Waals surface area (Å²) >= 11 is 1.57. The molecule has 0 aliphatic carbocycles. The van der Waals surface area contributed by atoms with Crippen molar-refractivity contribution in [3.05, 3.63) is 45.6 Å². The highest BCUT2D eigenvalue weighted by molar-refractivity contribution is 7.89. The molecule has 150 valence electrons. The van der Waals surface area contributed by atoms with E-state index >= 15 is 0 Å². The van der Waals surface area contributed by atoms with Gasteiger partial charge >= 0.3 is 0 Å². The number of Topliss-reactive ketones (excluding diaryl/α,β-unsaturated/α-hetero) is 1. The van der Waals surface area contributed by atoms with Crippen LogP contribution in [-0.4, -0.2) is 37.5 Å². The van der Waals surface area contributed by atoms with Crippen LogP contribution in [0.15, 0.2) is 35.2 Å². The number of sulfonamides is 1. The Bertz CT molecular complexity index is 989. The third-order valence-electron chi connectivity index (χ3n) is 4.74. The minimum atomic E-state index is -3.53. The van der Waals surface area contributed by atoms with Gasteiger partial charge in [-0.3, -0.25) is 9.59 Å². The second-order valence-corrected chi connectivity index (χ2v) is 10.3. The van der Waals surface area contributed by atoms with Crippen LogP contribution in [0, 0.1) is 13.8 Å². The fraction of sp³-hybridized carbons (Fsp3) is 0.400. The van der Waals surface area contributed by atoms with Crippen LogP contribution >= 0.6 is 11.3 Å². The Hall–Kier alpha value is -2.03. The van der Waals surface area contributed by atoms with Gasteiger partial charge in [-0.1, -0.05) is 6.07 Å². The first-order valence-corrected chi connectivity index (χ1v) is 11.5. The number of ketones is 1. The van der Waals surface area contributed by atoms with Crippen molar-refractivity contribution in [1.29, 1.82) is 0 Å². The minimum Gasteiger partial charge on any atom is -0.326 e. The number of nitrogens with zero attached hydrogens (tertiary/aromatic N) is 1. The molecule has 0 saturated carbocycles. The van der Waals surface area contributed by atoms with Gasteiger partial charge in [0.1, 0.15) is 0 Å². The minimum absolute atomic E-state index is 0.0519. The van der Waals surface area contributed by atoms with Crippen molar-refractivity contribution < 1.29 is 18.0 Å². The van der Waals surface area contributed by atoms with E-state index in [0.29, 0.717) is 24.3 Å². The molecule has 0 bridgehead atoms. The summed E-state index contributed by atoms with van der Waals surface area (Å²) in [5, 5.41) is 2.70. The van der Waals surface area contributed by atoms with E-state index in [1.165, 1.54) is 16.4 Å². The van der Waals surface area contributed by atoms with Crippen molar-refractivity contribution in [1.82, 2.24) is 4.31 Å². The lowest BCUT2D eigenvalue weighted by Gasteiger charge is -2.16. The first kappa shape index (κ1) is 20.7. The van der Waals surface area contributed by atoms with Crippen molar-refractivity contribution >= 4 is 38.7 Å². The fourth-order valence-corrected chi connectivity index (χ4v) is 5.81. The number of rotatable bonds is 7. The largest absolute Gasteiger partial charge is 0.326 e. The van der Waals surface area contributed by atoms with Gasteiger partial charge < -0.3 is 5.32 Å². The van der Waals surface area contributed by atoms with E-state index in [9.17, 15) is 18.0 Å².